The third kappa shape index (κ3) is 2.68. The van der Waals surface area contributed by atoms with Crippen LogP contribution in [0.4, 0.5) is 4.39 Å². The van der Waals surface area contributed by atoms with Crippen molar-refractivity contribution in [3.63, 3.8) is 0 Å². The average molecular weight is 235 g/mol. The zero-order chi connectivity index (χ0) is 12.3. The summed E-state index contributed by atoms with van der Waals surface area (Å²) in [5.74, 6) is 0.181. The van der Waals surface area contributed by atoms with Crippen LogP contribution in [0.1, 0.15) is 50.2 Å². The molecular formula is C15H22FN. The van der Waals surface area contributed by atoms with Gasteiger partial charge < -0.3 is 5.73 Å². The van der Waals surface area contributed by atoms with Gasteiger partial charge in [0.25, 0.3) is 0 Å². The van der Waals surface area contributed by atoms with Crippen LogP contribution in [0.2, 0.25) is 0 Å². The fourth-order valence-electron chi connectivity index (χ4n) is 2.85. The molecule has 1 aromatic carbocycles. The number of nitrogens with two attached hydrogens (primary N) is 1. The Labute approximate surface area is 103 Å². The van der Waals surface area contributed by atoms with Crippen LogP contribution < -0.4 is 5.73 Å². The number of alkyl halides is 1. The Morgan fingerprint density at radius 1 is 1.18 bits per heavy atom. The molecule has 0 radical (unpaired) electrons. The highest BCUT2D eigenvalue weighted by Gasteiger charge is 2.36. The van der Waals surface area contributed by atoms with Gasteiger partial charge in [0.1, 0.15) is 5.67 Å². The molecule has 1 atom stereocenters. The van der Waals surface area contributed by atoms with Crippen molar-refractivity contribution in [1.82, 2.24) is 0 Å². The van der Waals surface area contributed by atoms with Crippen LogP contribution in [-0.2, 0) is 12.2 Å². The zero-order valence-corrected chi connectivity index (χ0v) is 10.6. The molecule has 2 N–H and O–H groups in total. The molecule has 0 aliphatic heterocycles. The summed E-state index contributed by atoms with van der Waals surface area (Å²) in [6, 6.07) is 7.68. The van der Waals surface area contributed by atoms with E-state index in [2.05, 4.69) is 0 Å². The van der Waals surface area contributed by atoms with Gasteiger partial charge in [-0.2, -0.15) is 0 Å². The predicted molar refractivity (Wildman–Crippen MR) is 69.4 cm³/mol. The summed E-state index contributed by atoms with van der Waals surface area (Å²) >= 11 is 0. The van der Waals surface area contributed by atoms with E-state index in [0.29, 0.717) is 6.54 Å². The van der Waals surface area contributed by atoms with E-state index in [1.807, 2.05) is 24.3 Å². The Balaban J connectivity index is 2.17. The number of benzene rings is 1. The van der Waals surface area contributed by atoms with E-state index in [0.717, 1.165) is 24.0 Å². The molecule has 1 aliphatic carbocycles. The highest BCUT2D eigenvalue weighted by molar-refractivity contribution is 5.27. The number of hydrogen-bond donors (Lipinski definition) is 1. The monoisotopic (exact) mass is 235 g/mol. The summed E-state index contributed by atoms with van der Waals surface area (Å²) in [6.07, 6.45) is 5.64. The van der Waals surface area contributed by atoms with Crippen molar-refractivity contribution in [2.75, 3.05) is 0 Å². The molecule has 0 saturated heterocycles. The first-order valence-corrected chi connectivity index (χ1v) is 6.63. The normalized spacial score (nSPS) is 21.1. The van der Waals surface area contributed by atoms with Crippen LogP contribution in [0.5, 0.6) is 0 Å². The lowest BCUT2D eigenvalue weighted by Gasteiger charge is -2.33. The molecule has 1 aromatic rings. The summed E-state index contributed by atoms with van der Waals surface area (Å²) in [4.78, 5) is 0. The van der Waals surface area contributed by atoms with Gasteiger partial charge in [-0.3, -0.25) is 0 Å². The van der Waals surface area contributed by atoms with Crippen molar-refractivity contribution in [3.05, 3.63) is 35.4 Å². The Morgan fingerprint density at radius 2 is 1.76 bits per heavy atom. The van der Waals surface area contributed by atoms with E-state index in [-0.39, 0.29) is 5.92 Å². The Morgan fingerprint density at radius 3 is 2.29 bits per heavy atom. The van der Waals surface area contributed by atoms with Gasteiger partial charge in [-0.1, -0.05) is 43.5 Å². The van der Waals surface area contributed by atoms with E-state index >= 15 is 0 Å². The van der Waals surface area contributed by atoms with Crippen LogP contribution in [0.3, 0.4) is 0 Å². The Kier molecular flexibility index (Phi) is 3.82. The fraction of sp³-hybridized carbons (Fsp3) is 0.600. The maximum Gasteiger partial charge on any atom is 0.136 e. The molecular weight excluding hydrogens is 213 g/mol. The lowest BCUT2D eigenvalue weighted by molar-refractivity contribution is 0.0726. The Bertz CT molecular complexity index is 350. The van der Waals surface area contributed by atoms with Gasteiger partial charge >= 0.3 is 0 Å². The SMILES string of the molecule is CC(F)(c1ccc(CN)cc1)C1CCCCC1. The largest absolute Gasteiger partial charge is 0.326 e. The summed E-state index contributed by atoms with van der Waals surface area (Å²) in [7, 11) is 0. The highest BCUT2D eigenvalue weighted by Crippen LogP contribution is 2.42. The van der Waals surface area contributed by atoms with Crippen LogP contribution >= 0.6 is 0 Å². The molecule has 1 unspecified atom stereocenters. The Hall–Kier alpha value is -0.890. The van der Waals surface area contributed by atoms with Crippen LogP contribution in [0.15, 0.2) is 24.3 Å². The molecule has 0 aromatic heterocycles. The number of rotatable bonds is 3. The third-order valence-electron chi connectivity index (χ3n) is 4.13. The predicted octanol–water partition coefficient (Wildman–Crippen LogP) is 3.91. The van der Waals surface area contributed by atoms with Gasteiger partial charge in [0, 0.05) is 6.54 Å². The van der Waals surface area contributed by atoms with Gasteiger partial charge in [0.05, 0.1) is 0 Å². The molecule has 2 heteroatoms. The first-order chi connectivity index (χ1) is 8.14. The third-order valence-corrected chi connectivity index (χ3v) is 4.13. The van der Waals surface area contributed by atoms with Crippen molar-refractivity contribution >= 4 is 0 Å². The summed E-state index contributed by atoms with van der Waals surface area (Å²) in [6.45, 7) is 2.26. The quantitative estimate of drug-likeness (QED) is 0.844. The van der Waals surface area contributed by atoms with E-state index < -0.39 is 5.67 Å². The first-order valence-electron chi connectivity index (χ1n) is 6.63. The zero-order valence-electron chi connectivity index (χ0n) is 10.6. The lowest BCUT2D eigenvalue weighted by atomic mass is 9.75. The minimum absolute atomic E-state index is 0.181. The van der Waals surface area contributed by atoms with Crippen LogP contribution in [0.25, 0.3) is 0 Å². The number of halogens is 1. The molecule has 0 spiro atoms. The molecule has 17 heavy (non-hydrogen) atoms. The second-order valence-electron chi connectivity index (χ2n) is 5.31. The summed E-state index contributed by atoms with van der Waals surface area (Å²) in [5, 5.41) is 0. The van der Waals surface area contributed by atoms with Crippen LogP contribution in [0, 0.1) is 5.92 Å². The summed E-state index contributed by atoms with van der Waals surface area (Å²) in [5.41, 5.74) is 6.24. The van der Waals surface area contributed by atoms with E-state index in [1.54, 1.807) is 6.92 Å². The van der Waals surface area contributed by atoms with Crippen molar-refractivity contribution < 1.29 is 4.39 Å². The van der Waals surface area contributed by atoms with Gasteiger partial charge in [0.15, 0.2) is 0 Å². The highest BCUT2D eigenvalue weighted by atomic mass is 19.1. The lowest BCUT2D eigenvalue weighted by Crippen LogP contribution is -2.29. The minimum Gasteiger partial charge on any atom is -0.326 e. The van der Waals surface area contributed by atoms with Crippen molar-refractivity contribution in [2.24, 2.45) is 11.7 Å². The first kappa shape index (κ1) is 12.6. The maximum absolute atomic E-state index is 14.9. The molecule has 2 rings (SSSR count). The molecule has 0 heterocycles. The minimum atomic E-state index is -1.19. The van der Waals surface area contributed by atoms with Gasteiger partial charge in [-0.15, -0.1) is 0 Å². The molecule has 1 aliphatic rings. The number of hydrogen-bond acceptors (Lipinski definition) is 1. The molecule has 0 bridgehead atoms. The van der Waals surface area contributed by atoms with Gasteiger partial charge in [0.2, 0.25) is 0 Å². The maximum atomic E-state index is 14.9. The molecule has 1 nitrogen and oxygen atoms in total. The molecule has 1 fully saturated rings. The standard InChI is InChI=1S/C15H22FN/c1-15(16,13-5-3-2-4-6-13)14-9-7-12(11-17)8-10-14/h7-10,13H,2-6,11,17H2,1H3. The molecule has 94 valence electrons. The van der Waals surface area contributed by atoms with E-state index in [4.69, 9.17) is 5.73 Å². The van der Waals surface area contributed by atoms with Crippen molar-refractivity contribution in [3.8, 4) is 0 Å². The second-order valence-corrected chi connectivity index (χ2v) is 5.31. The van der Waals surface area contributed by atoms with Crippen LogP contribution in [-0.4, -0.2) is 0 Å². The fourth-order valence-corrected chi connectivity index (χ4v) is 2.85. The van der Waals surface area contributed by atoms with Crippen molar-refractivity contribution in [2.45, 2.75) is 51.2 Å². The van der Waals surface area contributed by atoms with E-state index in [1.165, 1.54) is 19.3 Å². The van der Waals surface area contributed by atoms with Crippen molar-refractivity contribution in [1.29, 1.82) is 0 Å². The smallest absolute Gasteiger partial charge is 0.136 e. The molecule has 0 amide bonds. The molecule has 1 saturated carbocycles. The van der Waals surface area contributed by atoms with Gasteiger partial charge in [-0.05, 0) is 36.8 Å². The van der Waals surface area contributed by atoms with Gasteiger partial charge in [-0.25, -0.2) is 4.39 Å². The topological polar surface area (TPSA) is 26.0 Å². The average Bonchev–Trinajstić information content (AvgIpc) is 2.40. The summed E-state index contributed by atoms with van der Waals surface area (Å²) < 4.78 is 14.9. The second kappa shape index (κ2) is 5.18. The van der Waals surface area contributed by atoms with E-state index in [9.17, 15) is 4.39 Å².